The molecule has 1 rings (SSSR count). The molecule has 0 saturated carbocycles. The molecule has 0 aliphatic carbocycles. The molecule has 1 fully saturated rings. The van der Waals surface area contributed by atoms with Gasteiger partial charge >= 0.3 is 12.1 Å². The van der Waals surface area contributed by atoms with E-state index in [2.05, 4.69) is 0 Å². The van der Waals surface area contributed by atoms with Gasteiger partial charge in [0.15, 0.2) is 0 Å². The summed E-state index contributed by atoms with van der Waals surface area (Å²) >= 11 is 0. The summed E-state index contributed by atoms with van der Waals surface area (Å²) < 4.78 is 5.37. The summed E-state index contributed by atoms with van der Waals surface area (Å²) in [5, 5.41) is 0. The van der Waals surface area contributed by atoms with Crippen molar-refractivity contribution in [2.45, 2.75) is 39.3 Å². The molecular weight excluding hydrogens is 272 g/mol. The Bertz CT molecular complexity index is 381. The first-order valence-corrected chi connectivity index (χ1v) is 7.39. The number of ether oxygens (including phenoxy) is 1. The van der Waals surface area contributed by atoms with Crippen LogP contribution in [0.15, 0.2) is 0 Å². The van der Waals surface area contributed by atoms with Crippen molar-refractivity contribution in [3.05, 3.63) is 0 Å². The van der Waals surface area contributed by atoms with Crippen molar-refractivity contribution in [2.24, 2.45) is 5.73 Å². The summed E-state index contributed by atoms with van der Waals surface area (Å²) in [6.45, 7) is 9.74. The second kappa shape index (κ2) is 6.98. The maximum atomic E-state index is 12.3. The Labute approximate surface area is 127 Å². The van der Waals surface area contributed by atoms with E-state index in [-0.39, 0.29) is 18.2 Å². The summed E-state index contributed by atoms with van der Waals surface area (Å²) in [5.41, 5.74) is 5.25. The molecule has 1 aliphatic heterocycles. The van der Waals surface area contributed by atoms with Gasteiger partial charge in [-0.15, -0.1) is 0 Å². The first-order chi connectivity index (χ1) is 9.69. The normalized spacial score (nSPS) is 19.4. The van der Waals surface area contributed by atoms with Crippen molar-refractivity contribution in [3.63, 3.8) is 0 Å². The number of nitrogens with zero attached hydrogens (tertiary/aromatic N) is 3. The monoisotopic (exact) mass is 300 g/mol. The molecule has 1 heterocycles. The van der Waals surface area contributed by atoms with Gasteiger partial charge in [-0.3, -0.25) is 0 Å². The number of amides is 3. The van der Waals surface area contributed by atoms with Gasteiger partial charge in [0, 0.05) is 39.8 Å². The summed E-state index contributed by atoms with van der Waals surface area (Å²) in [5.74, 6) is 0. The second-order valence-electron chi connectivity index (χ2n) is 6.31. The van der Waals surface area contributed by atoms with Gasteiger partial charge in [0.05, 0.1) is 6.04 Å². The van der Waals surface area contributed by atoms with Crippen LogP contribution in [0.3, 0.4) is 0 Å². The van der Waals surface area contributed by atoms with Gasteiger partial charge in [-0.1, -0.05) is 0 Å². The molecule has 0 radical (unpaired) electrons. The molecule has 2 N–H and O–H groups in total. The van der Waals surface area contributed by atoms with Crippen LogP contribution in [0.25, 0.3) is 0 Å². The van der Waals surface area contributed by atoms with Crippen LogP contribution in [0.1, 0.15) is 27.7 Å². The minimum atomic E-state index is -0.523. The SMILES string of the molecule is CCN(C)C(=O)N1CCN(C(=O)OC(C)(C)C)CC1CN. The third-order valence-corrected chi connectivity index (χ3v) is 3.45. The highest BCUT2D eigenvalue weighted by molar-refractivity contribution is 5.75. The van der Waals surface area contributed by atoms with Crippen molar-refractivity contribution < 1.29 is 14.3 Å². The molecule has 0 aromatic rings. The Morgan fingerprint density at radius 3 is 2.43 bits per heavy atom. The number of nitrogens with two attached hydrogens (primary N) is 1. The molecule has 3 amide bonds. The summed E-state index contributed by atoms with van der Waals surface area (Å²) in [7, 11) is 1.76. The number of piperazine rings is 1. The molecule has 1 unspecified atom stereocenters. The Morgan fingerprint density at radius 1 is 1.33 bits per heavy atom. The lowest BCUT2D eigenvalue weighted by Gasteiger charge is -2.42. The van der Waals surface area contributed by atoms with Gasteiger partial charge < -0.3 is 25.2 Å². The van der Waals surface area contributed by atoms with Gasteiger partial charge in [-0.2, -0.15) is 0 Å². The Balaban J connectivity index is 2.69. The molecule has 122 valence electrons. The Hall–Kier alpha value is -1.50. The van der Waals surface area contributed by atoms with Crippen LogP contribution < -0.4 is 5.73 Å². The molecule has 0 bridgehead atoms. The van der Waals surface area contributed by atoms with Crippen molar-refractivity contribution >= 4 is 12.1 Å². The molecule has 21 heavy (non-hydrogen) atoms. The van der Waals surface area contributed by atoms with Crippen LogP contribution >= 0.6 is 0 Å². The number of hydrogen-bond donors (Lipinski definition) is 1. The van der Waals surface area contributed by atoms with E-state index in [1.165, 1.54) is 0 Å². The minimum absolute atomic E-state index is 0.0446. The third-order valence-electron chi connectivity index (χ3n) is 3.45. The number of hydrogen-bond acceptors (Lipinski definition) is 4. The highest BCUT2D eigenvalue weighted by atomic mass is 16.6. The lowest BCUT2D eigenvalue weighted by molar-refractivity contribution is 0.00811. The van der Waals surface area contributed by atoms with Crippen LogP contribution in [0.5, 0.6) is 0 Å². The van der Waals surface area contributed by atoms with Gasteiger partial charge in [0.2, 0.25) is 0 Å². The van der Waals surface area contributed by atoms with Crippen LogP contribution in [-0.2, 0) is 4.74 Å². The topological polar surface area (TPSA) is 79.1 Å². The van der Waals surface area contributed by atoms with E-state index in [0.717, 1.165) is 0 Å². The number of urea groups is 1. The highest BCUT2D eigenvalue weighted by Crippen LogP contribution is 2.15. The average Bonchev–Trinajstić information content (AvgIpc) is 2.43. The fourth-order valence-electron chi connectivity index (χ4n) is 2.16. The van der Waals surface area contributed by atoms with E-state index in [9.17, 15) is 9.59 Å². The molecular formula is C14H28N4O3. The van der Waals surface area contributed by atoms with Crippen molar-refractivity contribution in [1.29, 1.82) is 0 Å². The minimum Gasteiger partial charge on any atom is -0.444 e. The lowest BCUT2D eigenvalue weighted by Crippen LogP contribution is -2.61. The van der Waals surface area contributed by atoms with Gasteiger partial charge in [0.25, 0.3) is 0 Å². The van der Waals surface area contributed by atoms with Gasteiger partial charge in [-0.05, 0) is 27.7 Å². The number of carbonyl (C=O) groups is 2. The first-order valence-electron chi connectivity index (χ1n) is 7.39. The Morgan fingerprint density at radius 2 is 1.95 bits per heavy atom. The fourth-order valence-corrected chi connectivity index (χ4v) is 2.16. The molecule has 1 atom stereocenters. The molecule has 1 saturated heterocycles. The van der Waals surface area contributed by atoms with Gasteiger partial charge in [0.1, 0.15) is 5.60 Å². The van der Waals surface area contributed by atoms with Crippen molar-refractivity contribution in [3.8, 4) is 0 Å². The third kappa shape index (κ3) is 4.77. The zero-order chi connectivity index (χ0) is 16.2. The Kier molecular flexibility index (Phi) is 5.83. The molecule has 0 spiro atoms. The van der Waals surface area contributed by atoms with Crippen LogP contribution in [0.4, 0.5) is 9.59 Å². The van der Waals surface area contributed by atoms with E-state index < -0.39 is 5.60 Å². The van der Waals surface area contributed by atoms with Crippen molar-refractivity contribution in [2.75, 3.05) is 39.8 Å². The largest absolute Gasteiger partial charge is 0.444 e. The quantitative estimate of drug-likeness (QED) is 0.823. The molecule has 1 aliphatic rings. The first kappa shape index (κ1) is 17.6. The van der Waals surface area contributed by atoms with Crippen LogP contribution in [-0.4, -0.2) is 78.2 Å². The summed E-state index contributed by atoms with van der Waals surface area (Å²) in [6.07, 6.45) is -0.350. The van der Waals surface area contributed by atoms with E-state index in [4.69, 9.17) is 10.5 Å². The summed E-state index contributed by atoms with van der Waals surface area (Å²) in [6, 6.07) is -0.218. The molecule has 0 aromatic heterocycles. The molecule has 7 nitrogen and oxygen atoms in total. The van der Waals surface area contributed by atoms with Crippen LogP contribution in [0.2, 0.25) is 0 Å². The van der Waals surface area contributed by atoms with E-state index in [1.807, 2.05) is 27.7 Å². The predicted octanol–water partition coefficient (Wildman–Crippen LogP) is 0.938. The average molecular weight is 300 g/mol. The standard InChI is InChI=1S/C14H28N4O3/c1-6-16(5)12(19)18-8-7-17(10-11(18)9-15)13(20)21-14(2,3)4/h11H,6-10,15H2,1-5H3. The second-order valence-corrected chi connectivity index (χ2v) is 6.31. The predicted molar refractivity (Wildman–Crippen MR) is 81.1 cm³/mol. The maximum absolute atomic E-state index is 12.3. The fraction of sp³-hybridized carbons (Fsp3) is 0.857. The number of carbonyl (C=O) groups excluding carboxylic acids is 2. The molecule has 7 heteroatoms. The highest BCUT2D eigenvalue weighted by Gasteiger charge is 2.34. The smallest absolute Gasteiger partial charge is 0.410 e. The van der Waals surface area contributed by atoms with Crippen LogP contribution in [0, 0.1) is 0 Å². The van der Waals surface area contributed by atoms with E-state index in [1.54, 1.807) is 21.7 Å². The van der Waals surface area contributed by atoms with Crippen molar-refractivity contribution in [1.82, 2.24) is 14.7 Å². The lowest BCUT2D eigenvalue weighted by atomic mass is 10.1. The number of rotatable bonds is 2. The zero-order valence-corrected chi connectivity index (χ0v) is 13.8. The van der Waals surface area contributed by atoms with E-state index in [0.29, 0.717) is 32.7 Å². The maximum Gasteiger partial charge on any atom is 0.410 e. The molecule has 0 aromatic carbocycles. The van der Waals surface area contributed by atoms with E-state index >= 15 is 0 Å². The zero-order valence-electron chi connectivity index (χ0n) is 13.8. The van der Waals surface area contributed by atoms with Gasteiger partial charge in [-0.25, -0.2) is 9.59 Å². The summed E-state index contributed by atoms with van der Waals surface area (Å²) in [4.78, 5) is 29.4.